The summed E-state index contributed by atoms with van der Waals surface area (Å²) < 4.78 is 5.20. The molecule has 2 rings (SSSR count). The summed E-state index contributed by atoms with van der Waals surface area (Å²) >= 11 is 0. The van der Waals surface area contributed by atoms with E-state index in [0.717, 1.165) is 11.3 Å². The number of amides is 1. The summed E-state index contributed by atoms with van der Waals surface area (Å²) in [4.78, 5) is 15.6. The fourth-order valence-electron chi connectivity index (χ4n) is 1.59. The van der Waals surface area contributed by atoms with Gasteiger partial charge in [0.25, 0.3) is 0 Å². The molecule has 2 aromatic rings. The monoisotopic (exact) mass is 254 g/mol. The summed E-state index contributed by atoms with van der Waals surface area (Å²) in [5, 5.41) is 2.74. The van der Waals surface area contributed by atoms with Crippen LogP contribution in [0.2, 0.25) is 0 Å². The number of anilines is 1. The van der Waals surface area contributed by atoms with E-state index in [1.165, 1.54) is 6.08 Å². The maximum Gasteiger partial charge on any atom is 0.248 e. The average Bonchev–Trinajstić information content (AvgIpc) is 2.46. The van der Waals surface area contributed by atoms with Crippen LogP contribution in [0.3, 0.4) is 0 Å². The number of ether oxygens (including phenoxy) is 1. The Labute approximate surface area is 111 Å². The van der Waals surface area contributed by atoms with E-state index >= 15 is 0 Å². The van der Waals surface area contributed by atoms with Gasteiger partial charge >= 0.3 is 0 Å². The molecule has 0 saturated heterocycles. The molecule has 1 amide bonds. The normalized spacial score (nSPS) is 10.4. The Morgan fingerprint density at radius 2 is 1.95 bits per heavy atom. The molecule has 1 aromatic carbocycles. The molecule has 19 heavy (non-hydrogen) atoms. The van der Waals surface area contributed by atoms with Gasteiger partial charge in [0.15, 0.2) is 0 Å². The Balaban J connectivity index is 2.04. The van der Waals surface area contributed by atoms with Crippen LogP contribution in [0.25, 0.3) is 6.08 Å². The van der Waals surface area contributed by atoms with Crippen LogP contribution in [0, 0.1) is 0 Å². The quantitative estimate of drug-likeness (QED) is 0.853. The number of methoxy groups -OCH3 is 1. The SMILES string of the molecule is COc1ccccc1/C=C/C(=O)Nc1ccncc1. The summed E-state index contributed by atoms with van der Waals surface area (Å²) in [6.45, 7) is 0. The Morgan fingerprint density at radius 1 is 1.21 bits per heavy atom. The maximum atomic E-state index is 11.7. The van der Waals surface area contributed by atoms with Crippen molar-refractivity contribution in [3.63, 3.8) is 0 Å². The lowest BCUT2D eigenvalue weighted by Crippen LogP contribution is -2.07. The van der Waals surface area contributed by atoms with Gasteiger partial charge in [0.1, 0.15) is 5.75 Å². The molecule has 0 aliphatic rings. The third kappa shape index (κ3) is 3.67. The molecule has 0 atom stereocenters. The van der Waals surface area contributed by atoms with Crippen molar-refractivity contribution in [2.45, 2.75) is 0 Å². The van der Waals surface area contributed by atoms with Gasteiger partial charge in [0.05, 0.1) is 7.11 Å². The van der Waals surface area contributed by atoms with Crippen LogP contribution in [-0.2, 0) is 4.79 Å². The molecule has 96 valence electrons. The third-order valence-electron chi connectivity index (χ3n) is 2.50. The fourth-order valence-corrected chi connectivity index (χ4v) is 1.59. The second kappa shape index (κ2) is 6.35. The molecule has 0 aliphatic heterocycles. The van der Waals surface area contributed by atoms with Crippen LogP contribution < -0.4 is 10.1 Å². The van der Waals surface area contributed by atoms with E-state index in [1.807, 2.05) is 24.3 Å². The number of aromatic nitrogens is 1. The standard InChI is InChI=1S/C15H14N2O2/c1-19-14-5-3-2-4-12(14)6-7-15(18)17-13-8-10-16-11-9-13/h2-11H,1H3,(H,16,17,18)/b7-6+. The van der Waals surface area contributed by atoms with Crippen LogP contribution in [0.5, 0.6) is 5.75 Å². The molecule has 0 saturated carbocycles. The Bertz CT molecular complexity index is 580. The minimum atomic E-state index is -0.197. The average molecular weight is 254 g/mol. The first kappa shape index (κ1) is 12.8. The maximum absolute atomic E-state index is 11.7. The van der Waals surface area contributed by atoms with Crippen molar-refractivity contribution in [3.05, 3.63) is 60.4 Å². The van der Waals surface area contributed by atoms with Crippen molar-refractivity contribution in [2.24, 2.45) is 0 Å². The summed E-state index contributed by atoms with van der Waals surface area (Å²) in [7, 11) is 1.60. The zero-order chi connectivity index (χ0) is 13.5. The Morgan fingerprint density at radius 3 is 2.68 bits per heavy atom. The van der Waals surface area contributed by atoms with E-state index in [2.05, 4.69) is 10.3 Å². The third-order valence-corrected chi connectivity index (χ3v) is 2.50. The van der Waals surface area contributed by atoms with Crippen LogP contribution in [0.15, 0.2) is 54.9 Å². The smallest absolute Gasteiger partial charge is 0.248 e. The molecule has 0 fully saturated rings. The second-order valence-corrected chi connectivity index (χ2v) is 3.80. The first-order chi connectivity index (χ1) is 9.29. The highest BCUT2D eigenvalue weighted by atomic mass is 16.5. The lowest BCUT2D eigenvalue weighted by atomic mass is 10.2. The minimum Gasteiger partial charge on any atom is -0.496 e. The topological polar surface area (TPSA) is 51.2 Å². The molecule has 0 radical (unpaired) electrons. The van der Waals surface area contributed by atoms with Crippen LogP contribution in [0.1, 0.15) is 5.56 Å². The van der Waals surface area contributed by atoms with E-state index in [9.17, 15) is 4.79 Å². The zero-order valence-corrected chi connectivity index (χ0v) is 10.5. The number of para-hydroxylation sites is 1. The van der Waals surface area contributed by atoms with Gasteiger partial charge < -0.3 is 10.1 Å². The highest BCUT2D eigenvalue weighted by molar-refractivity contribution is 6.02. The van der Waals surface area contributed by atoms with Crippen LogP contribution in [-0.4, -0.2) is 18.0 Å². The fraction of sp³-hybridized carbons (Fsp3) is 0.0667. The molecule has 1 N–H and O–H groups in total. The van der Waals surface area contributed by atoms with Gasteiger partial charge in [-0.1, -0.05) is 18.2 Å². The number of hydrogen-bond acceptors (Lipinski definition) is 3. The van der Waals surface area contributed by atoms with Crippen molar-refractivity contribution in [1.82, 2.24) is 4.98 Å². The molecule has 0 unspecified atom stereocenters. The van der Waals surface area contributed by atoms with Crippen molar-refractivity contribution < 1.29 is 9.53 Å². The van der Waals surface area contributed by atoms with E-state index in [0.29, 0.717) is 5.69 Å². The molecule has 1 heterocycles. The van der Waals surface area contributed by atoms with E-state index in [4.69, 9.17) is 4.74 Å². The van der Waals surface area contributed by atoms with E-state index in [1.54, 1.807) is 37.7 Å². The first-order valence-electron chi connectivity index (χ1n) is 5.81. The first-order valence-corrected chi connectivity index (χ1v) is 5.81. The van der Waals surface area contributed by atoms with E-state index in [-0.39, 0.29) is 5.91 Å². The van der Waals surface area contributed by atoms with Crippen molar-refractivity contribution in [3.8, 4) is 5.75 Å². The second-order valence-electron chi connectivity index (χ2n) is 3.80. The van der Waals surface area contributed by atoms with Gasteiger partial charge in [-0.25, -0.2) is 0 Å². The molecular formula is C15H14N2O2. The van der Waals surface area contributed by atoms with Gasteiger partial charge in [0.2, 0.25) is 5.91 Å². The number of benzene rings is 1. The van der Waals surface area contributed by atoms with Crippen molar-refractivity contribution >= 4 is 17.7 Å². The number of nitrogens with one attached hydrogen (secondary N) is 1. The lowest BCUT2D eigenvalue weighted by molar-refractivity contribution is -0.111. The summed E-state index contributed by atoms with van der Waals surface area (Å²) in [5.41, 5.74) is 1.57. The van der Waals surface area contributed by atoms with Crippen LogP contribution >= 0.6 is 0 Å². The predicted octanol–water partition coefficient (Wildman–Crippen LogP) is 2.74. The Hall–Kier alpha value is -2.62. The molecule has 0 spiro atoms. The zero-order valence-electron chi connectivity index (χ0n) is 10.5. The number of nitrogens with zero attached hydrogens (tertiary/aromatic N) is 1. The molecule has 1 aromatic heterocycles. The van der Waals surface area contributed by atoms with Crippen LogP contribution in [0.4, 0.5) is 5.69 Å². The Kier molecular flexibility index (Phi) is 4.29. The van der Waals surface area contributed by atoms with Gasteiger partial charge in [0, 0.05) is 29.7 Å². The van der Waals surface area contributed by atoms with Gasteiger partial charge in [-0.2, -0.15) is 0 Å². The summed E-state index contributed by atoms with van der Waals surface area (Å²) in [5.74, 6) is 0.535. The van der Waals surface area contributed by atoms with E-state index < -0.39 is 0 Å². The van der Waals surface area contributed by atoms with Gasteiger partial charge in [-0.15, -0.1) is 0 Å². The molecule has 0 bridgehead atoms. The van der Waals surface area contributed by atoms with Gasteiger partial charge in [-0.3, -0.25) is 9.78 Å². The lowest BCUT2D eigenvalue weighted by Gasteiger charge is -2.03. The molecule has 4 heteroatoms. The predicted molar refractivity (Wildman–Crippen MR) is 74.9 cm³/mol. The highest BCUT2D eigenvalue weighted by Crippen LogP contribution is 2.18. The molecular weight excluding hydrogens is 240 g/mol. The number of carbonyl (C=O) groups is 1. The molecule has 0 aliphatic carbocycles. The highest BCUT2D eigenvalue weighted by Gasteiger charge is 1.99. The number of pyridine rings is 1. The summed E-state index contributed by atoms with van der Waals surface area (Å²) in [6, 6.07) is 11.0. The van der Waals surface area contributed by atoms with Crippen molar-refractivity contribution in [2.75, 3.05) is 12.4 Å². The number of carbonyl (C=O) groups excluding carboxylic acids is 1. The number of hydrogen-bond donors (Lipinski definition) is 1. The minimum absolute atomic E-state index is 0.197. The largest absolute Gasteiger partial charge is 0.496 e. The van der Waals surface area contributed by atoms with Gasteiger partial charge in [-0.05, 0) is 24.3 Å². The number of rotatable bonds is 4. The summed E-state index contributed by atoms with van der Waals surface area (Å²) in [6.07, 6.45) is 6.44. The molecule has 4 nitrogen and oxygen atoms in total. The van der Waals surface area contributed by atoms with Crippen molar-refractivity contribution in [1.29, 1.82) is 0 Å².